The van der Waals surface area contributed by atoms with Crippen LogP contribution >= 0.6 is 0 Å². The zero-order valence-corrected chi connectivity index (χ0v) is 21.4. The van der Waals surface area contributed by atoms with Crippen molar-refractivity contribution in [1.82, 2.24) is 19.8 Å². The Hall–Kier alpha value is -2.99. The first kappa shape index (κ1) is 26.1. The van der Waals surface area contributed by atoms with Gasteiger partial charge in [0.1, 0.15) is 17.3 Å². The fourth-order valence-corrected chi connectivity index (χ4v) is 4.84. The second-order valence-corrected chi connectivity index (χ2v) is 10.2. The number of rotatable bonds is 6. The van der Waals surface area contributed by atoms with E-state index in [4.69, 9.17) is 4.74 Å². The molecule has 36 heavy (non-hydrogen) atoms. The number of aliphatic hydroxyl groups excluding tert-OH is 1. The third-order valence-corrected chi connectivity index (χ3v) is 7.06. The van der Waals surface area contributed by atoms with E-state index < -0.39 is 5.60 Å². The van der Waals surface area contributed by atoms with Gasteiger partial charge in [-0.25, -0.2) is 4.98 Å². The normalized spacial score (nSPS) is 22.2. The third-order valence-electron chi connectivity index (χ3n) is 7.06. The van der Waals surface area contributed by atoms with Gasteiger partial charge in [0.15, 0.2) is 0 Å². The maximum absolute atomic E-state index is 13.6. The van der Waals surface area contributed by atoms with Gasteiger partial charge in [-0.05, 0) is 57.4 Å². The zero-order chi connectivity index (χ0) is 25.7. The lowest BCUT2D eigenvalue weighted by Gasteiger charge is -2.37. The summed E-state index contributed by atoms with van der Waals surface area (Å²) in [6.07, 6.45) is 8.22. The number of likely N-dealkylation sites (N-methyl/N-ethyl adjacent to an activating group) is 1. The van der Waals surface area contributed by atoms with Gasteiger partial charge < -0.3 is 19.8 Å². The Bertz CT molecular complexity index is 1110. The van der Waals surface area contributed by atoms with Crippen molar-refractivity contribution < 1.29 is 19.7 Å². The Morgan fingerprint density at radius 1 is 1.33 bits per heavy atom. The van der Waals surface area contributed by atoms with Crippen LogP contribution in [0.25, 0.3) is 0 Å². The first-order valence-corrected chi connectivity index (χ1v) is 12.7. The molecule has 4 rings (SSSR count). The van der Waals surface area contributed by atoms with Gasteiger partial charge >= 0.3 is 0 Å². The minimum absolute atomic E-state index is 0.00494. The highest BCUT2D eigenvalue weighted by atomic mass is 16.5. The van der Waals surface area contributed by atoms with Crippen LogP contribution in [0.2, 0.25) is 0 Å². The van der Waals surface area contributed by atoms with Crippen LogP contribution in [-0.2, 0) is 6.54 Å². The molecule has 1 aliphatic heterocycles. The number of carbonyl (C=O) groups is 1. The highest BCUT2D eigenvalue weighted by Crippen LogP contribution is 2.30. The van der Waals surface area contributed by atoms with Gasteiger partial charge in [0.2, 0.25) is 5.88 Å². The third kappa shape index (κ3) is 6.22. The van der Waals surface area contributed by atoms with E-state index in [1.165, 1.54) is 0 Å². The van der Waals surface area contributed by atoms with E-state index in [0.717, 1.165) is 18.4 Å². The van der Waals surface area contributed by atoms with Gasteiger partial charge in [-0.15, -0.1) is 0 Å². The molecule has 2 aliphatic rings. The average molecular weight is 493 g/mol. The number of carbonyl (C=O) groups excluding carboxylic acids is 1. The maximum atomic E-state index is 13.6. The molecule has 3 atom stereocenters. The molecule has 3 heterocycles. The minimum atomic E-state index is -0.971. The van der Waals surface area contributed by atoms with E-state index in [9.17, 15) is 15.0 Å². The smallest absolute Gasteiger partial charge is 0.259 e. The highest BCUT2D eigenvalue weighted by Gasteiger charge is 2.34. The predicted octanol–water partition coefficient (Wildman–Crippen LogP) is 2.49. The molecule has 0 spiro atoms. The minimum Gasteiger partial charge on any atom is -0.472 e. The Morgan fingerprint density at radius 3 is 2.81 bits per heavy atom. The van der Waals surface area contributed by atoms with Gasteiger partial charge in [0.05, 0.1) is 12.6 Å². The Labute approximate surface area is 213 Å². The van der Waals surface area contributed by atoms with Gasteiger partial charge in [0, 0.05) is 49.7 Å². The Morgan fingerprint density at radius 2 is 2.11 bits per heavy atom. The second-order valence-electron chi connectivity index (χ2n) is 10.2. The van der Waals surface area contributed by atoms with Crippen molar-refractivity contribution in [2.24, 2.45) is 5.92 Å². The molecule has 0 bridgehead atoms. The summed E-state index contributed by atoms with van der Waals surface area (Å²) < 4.78 is 6.37. The van der Waals surface area contributed by atoms with E-state index in [1.807, 2.05) is 32.3 Å². The van der Waals surface area contributed by atoms with Crippen LogP contribution in [0.1, 0.15) is 61.0 Å². The lowest BCUT2D eigenvalue weighted by atomic mass is 9.99. The molecule has 0 unspecified atom stereocenters. The van der Waals surface area contributed by atoms with Crippen molar-refractivity contribution in [2.75, 3.05) is 26.7 Å². The van der Waals surface area contributed by atoms with E-state index in [1.54, 1.807) is 23.4 Å². The molecule has 0 aromatic carbocycles. The molecule has 1 saturated carbocycles. The summed E-state index contributed by atoms with van der Waals surface area (Å²) in [5.41, 5.74) is 1.02. The number of hydrogen-bond donors (Lipinski definition) is 2. The summed E-state index contributed by atoms with van der Waals surface area (Å²) in [6.45, 7) is 5.54. The molecular weight excluding hydrogens is 456 g/mol. The fourth-order valence-electron chi connectivity index (χ4n) is 4.84. The average Bonchev–Trinajstić information content (AvgIpc) is 3.31. The molecule has 8 nitrogen and oxygen atoms in total. The largest absolute Gasteiger partial charge is 0.472 e. The summed E-state index contributed by atoms with van der Waals surface area (Å²) in [4.78, 5) is 26.1. The molecule has 1 amide bonds. The molecule has 8 heteroatoms. The predicted molar refractivity (Wildman–Crippen MR) is 136 cm³/mol. The molecule has 2 N–H and O–H groups in total. The lowest BCUT2D eigenvalue weighted by molar-refractivity contribution is 0.0325. The zero-order valence-electron chi connectivity index (χ0n) is 21.4. The molecule has 1 fully saturated rings. The number of aliphatic hydroxyl groups is 2. The SMILES string of the molecule is C[C@H](CO)N1C[C@H](C)[C@@H](CN(C)Cc2cccnc2)Oc2ncc(C#CC3(O)CCCC3)cc2C1=O. The number of hydrogen-bond acceptors (Lipinski definition) is 7. The van der Waals surface area contributed by atoms with Gasteiger partial charge in [-0.1, -0.05) is 24.8 Å². The van der Waals surface area contributed by atoms with Crippen molar-refractivity contribution in [3.8, 4) is 17.7 Å². The summed E-state index contributed by atoms with van der Waals surface area (Å²) in [5.74, 6) is 6.04. The van der Waals surface area contributed by atoms with Crippen LogP contribution in [-0.4, -0.2) is 80.4 Å². The quantitative estimate of drug-likeness (QED) is 0.598. The first-order chi connectivity index (χ1) is 17.3. The first-order valence-electron chi connectivity index (χ1n) is 12.7. The highest BCUT2D eigenvalue weighted by molar-refractivity contribution is 5.97. The summed E-state index contributed by atoms with van der Waals surface area (Å²) in [7, 11) is 2.03. The maximum Gasteiger partial charge on any atom is 0.259 e. The van der Waals surface area contributed by atoms with Crippen molar-refractivity contribution >= 4 is 5.91 Å². The van der Waals surface area contributed by atoms with E-state index >= 15 is 0 Å². The Balaban J connectivity index is 1.61. The van der Waals surface area contributed by atoms with E-state index in [2.05, 4.69) is 33.6 Å². The van der Waals surface area contributed by atoms with Crippen LogP contribution in [0.5, 0.6) is 5.88 Å². The number of ether oxygens (including phenoxy) is 1. The van der Waals surface area contributed by atoms with Crippen molar-refractivity contribution in [3.05, 3.63) is 53.5 Å². The number of fused-ring (bicyclic) bond motifs is 1. The summed E-state index contributed by atoms with van der Waals surface area (Å²) in [5, 5.41) is 20.5. The molecular formula is C28H36N4O4. The van der Waals surface area contributed by atoms with Crippen LogP contribution < -0.4 is 4.74 Å². The van der Waals surface area contributed by atoms with Gasteiger partial charge in [-0.2, -0.15) is 0 Å². The monoisotopic (exact) mass is 492 g/mol. The van der Waals surface area contributed by atoms with Crippen LogP contribution in [0.4, 0.5) is 0 Å². The van der Waals surface area contributed by atoms with Crippen LogP contribution in [0.3, 0.4) is 0 Å². The second kappa shape index (κ2) is 11.4. The molecule has 2 aromatic heterocycles. The summed E-state index contributed by atoms with van der Waals surface area (Å²) in [6, 6.07) is 5.30. The fraction of sp³-hybridized carbons (Fsp3) is 0.536. The lowest BCUT2D eigenvalue weighted by Crippen LogP contribution is -2.49. The number of amides is 1. The van der Waals surface area contributed by atoms with E-state index in [0.29, 0.717) is 43.6 Å². The number of pyridine rings is 2. The van der Waals surface area contributed by atoms with Crippen LogP contribution in [0, 0.1) is 17.8 Å². The Kier molecular flexibility index (Phi) is 8.24. The van der Waals surface area contributed by atoms with E-state index in [-0.39, 0.29) is 36.5 Å². The van der Waals surface area contributed by atoms with Crippen molar-refractivity contribution in [2.45, 2.75) is 63.8 Å². The van der Waals surface area contributed by atoms with Crippen molar-refractivity contribution in [1.29, 1.82) is 0 Å². The van der Waals surface area contributed by atoms with Gasteiger partial charge in [-0.3, -0.25) is 14.7 Å². The molecule has 2 aromatic rings. The summed E-state index contributed by atoms with van der Waals surface area (Å²) >= 11 is 0. The number of nitrogens with zero attached hydrogens (tertiary/aromatic N) is 4. The van der Waals surface area contributed by atoms with Crippen molar-refractivity contribution in [3.63, 3.8) is 0 Å². The molecule has 0 saturated heterocycles. The van der Waals surface area contributed by atoms with Crippen LogP contribution in [0.15, 0.2) is 36.8 Å². The topological polar surface area (TPSA) is 99.0 Å². The standard InChI is InChI=1S/C28H36N4O4/c1-20-16-32(21(2)19-33)27(34)24-13-22(8-11-28(35)9-4-5-10-28)15-30-26(24)36-25(20)18-31(3)17-23-7-6-12-29-14-23/h6-7,12-15,20-21,25,33,35H,4-5,9-10,16-19H2,1-3H3/t20-,21+,25+/m0/s1. The molecule has 1 aliphatic carbocycles. The molecule has 0 radical (unpaired) electrons. The van der Waals surface area contributed by atoms with Gasteiger partial charge in [0.25, 0.3) is 5.91 Å². The number of aromatic nitrogens is 2. The molecule has 192 valence electrons.